The maximum atomic E-state index is 10.9. The van der Waals surface area contributed by atoms with Gasteiger partial charge in [-0.05, 0) is 48.9 Å². The Kier molecular flexibility index (Phi) is 6.44. The number of para-hydroxylation sites is 1. The number of aliphatic imine (C=N–C) groups is 1. The average molecular weight is 437 g/mol. The quantitative estimate of drug-likeness (QED) is 0.522. The van der Waals surface area contributed by atoms with Crippen LogP contribution in [0.3, 0.4) is 0 Å². The first-order valence-electron chi connectivity index (χ1n) is 10.3. The van der Waals surface area contributed by atoms with Gasteiger partial charge in [-0.1, -0.05) is 41.9 Å². The van der Waals surface area contributed by atoms with E-state index < -0.39 is 0 Å². The maximum Gasteiger partial charge on any atom is 0.162 e. The lowest BCUT2D eigenvalue weighted by atomic mass is 9.93. The molecule has 0 radical (unpaired) electrons. The van der Waals surface area contributed by atoms with Gasteiger partial charge in [-0.3, -0.25) is 10.3 Å². The summed E-state index contributed by atoms with van der Waals surface area (Å²) in [6.45, 7) is 2.38. The molecule has 0 aromatic heterocycles. The molecule has 0 amide bonds. The lowest BCUT2D eigenvalue weighted by Gasteiger charge is -2.31. The smallest absolute Gasteiger partial charge is 0.162 e. The highest BCUT2D eigenvalue weighted by atomic mass is 35.5. The van der Waals surface area contributed by atoms with E-state index in [2.05, 4.69) is 5.32 Å². The number of phenolic OH excluding ortho intramolecular Hbond substituents is 1. The van der Waals surface area contributed by atoms with Crippen LogP contribution >= 0.6 is 11.6 Å². The minimum absolute atomic E-state index is 0.149. The Labute approximate surface area is 187 Å². The fourth-order valence-electron chi connectivity index (χ4n) is 3.81. The Balaban J connectivity index is 1.76. The molecule has 0 aliphatic carbocycles. The van der Waals surface area contributed by atoms with E-state index in [9.17, 15) is 5.11 Å². The first kappa shape index (κ1) is 21.2. The van der Waals surface area contributed by atoms with Crippen molar-refractivity contribution in [1.29, 1.82) is 0 Å². The predicted molar refractivity (Wildman–Crippen MR) is 123 cm³/mol. The molecule has 0 unspecified atom stereocenters. The Morgan fingerprint density at radius 3 is 2.48 bits per heavy atom. The maximum absolute atomic E-state index is 10.9. The molecule has 0 saturated heterocycles. The Hall–Kier alpha value is -3.02. The van der Waals surface area contributed by atoms with Gasteiger partial charge < -0.3 is 14.6 Å². The second-order valence-corrected chi connectivity index (χ2v) is 7.69. The number of nitrogens with one attached hydrogen (secondary N) is 1. The highest BCUT2D eigenvalue weighted by Crippen LogP contribution is 2.39. The highest BCUT2D eigenvalue weighted by Gasteiger charge is 2.29. The van der Waals surface area contributed by atoms with Crippen molar-refractivity contribution in [2.24, 2.45) is 4.99 Å². The van der Waals surface area contributed by atoms with Crippen LogP contribution in [0.15, 0.2) is 71.7 Å². The minimum atomic E-state index is -0.347. The first-order valence-corrected chi connectivity index (χ1v) is 10.6. The van der Waals surface area contributed by atoms with Crippen LogP contribution in [0.4, 0.5) is 0 Å². The number of benzene rings is 3. The van der Waals surface area contributed by atoms with E-state index in [1.165, 1.54) is 0 Å². The standard InChI is InChI=1S/C25H25ClN2O3/c1-3-31-23-10-6-8-19(24(23)29)22-15-21(16-11-13-17(30-2)14-12-16)27-25(28-22)18-7-4-5-9-20(18)26/h4-14,22,25,28-29H,3,15H2,1-2H3/t22-,25+/m1/s1. The second-order valence-electron chi connectivity index (χ2n) is 7.28. The van der Waals surface area contributed by atoms with Gasteiger partial charge in [0.15, 0.2) is 11.5 Å². The summed E-state index contributed by atoms with van der Waals surface area (Å²) in [4.78, 5) is 4.97. The molecule has 2 N–H and O–H groups in total. The summed E-state index contributed by atoms with van der Waals surface area (Å²) in [5.74, 6) is 1.42. The third-order valence-electron chi connectivity index (χ3n) is 5.37. The Bertz CT molecular complexity index is 1080. The van der Waals surface area contributed by atoms with Crippen molar-refractivity contribution in [2.45, 2.75) is 25.6 Å². The number of phenols is 1. The molecule has 31 heavy (non-hydrogen) atoms. The van der Waals surface area contributed by atoms with E-state index in [0.29, 0.717) is 23.8 Å². The number of hydrogen-bond acceptors (Lipinski definition) is 5. The lowest BCUT2D eigenvalue weighted by molar-refractivity contribution is 0.313. The Morgan fingerprint density at radius 2 is 1.77 bits per heavy atom. The average Bonchev–Trinajstić information content (AvgIpc) is 2.80. The number of hydrogen-bond donors (Lipinski definition) is 2. The number of rotatable bonds is 6. The zero-order valence-electron chi connectivity index (χ0n) is 17.5. The third-order valence-corrected chi connectivity index (χ3v) is 5.71. The highest BCUT2D eigenvalue weighted by molar-refractivity contribution is 6.31. The fraction of sp³-hybridized carbons (Fsp3) is 0.240. The monoisotopic (exact) mass is 436 g/mol. The van der Waals surface area contributed by atoms with E-state index in [4.69, 9.17) is 26.1 Å². The van der Waals surface area contributed by atoms with Crippen LogP contribution in [0.1, 0.15) is 42.2 Å². The first-order chi connectivity index (χ1) is 15.1. The van der Waals surface area contributed by atoms with E-state index >= 15 is 0 Å². The topological polar surface area (TPSA) is 63.1 Å². The molecule has 6 heteroatoms. The molecule has 2 atom stereocenters. The van der Waals surface area contributed by atoms with Crippen LogP contribution in [0, 0.1) is 0 Å². The molecule has 0 fully saturated rings. The fourth-order valence-corrected chi connectivity index (χ4v) is 4.05. The lowest BCUT2D eigenvalue weighted by Crippen LogP contribution is -2.33. The van der Waals surface area contributed by atoms with Crippen LogP contribution in [0.5, 0.6) is 17.2 Å². The van der Waals surface area contributed by atoms with Gasteiger partial charge in [0.05, 0.1) is 13.7 Å². The third kappa shape index (κ3) is 4.53. The van der Waals surface area contributed by atoms with Crippen LogP contribution in [0.25, 0.3) is 0 Å². The van der Waals surface area contributed by atoms with Crippen LogP contribution in [-0.4, -0.2) is 24.5 Å². The zero-order valence-corrected chi connectivity index (χ0v) is 18.3. The summed E-state index contributed by atoms with van der Waals surface area (Å²) in [6.07, 6.45) is 0.260. The van der Waals surface area contributed by atoms with Crippen LogP contribution in [-0.2, 0) is 0 Å². The van der Waals surface area contributed by atoms with Gasteiger partial charge in [-0.2, -0.15) is 0 Å². The predicted octanol–water partition coefficient (Wildman–Crippen LogP) is 5.68. The van der Waals surface area contributed by atoms with Crippen molar-refractivity contribution in [2.75, 3.05) is 13.7 Å². The van der Waals surface area contributed by atoms with Crippen LogP contribution < -0.4 is 14.8 Å². The van der Waals surface area contributed by atoms with Crippen molar-refractivity contribution in [3.8, 4) is 17.2 Å². The van der Waals surface area contributed by atoms with Crippen LogP contribution in [0.2, 0.25) is 5.02 Å². The van der Waals surface area contributed by atoms with Crippen molar-refractivity contribution in [3.63, 3.8) is 0 Å². The van der Waals surface area contributed by atoms with E-state index in [0.717, 1.165) is 28.2 Å². The molecule has 1 aliphatic rings. The Morgan fingerprint density at radius 1 is 1.03 bits per heavy atom. The number of methoxy groups -OCH3 is 1. The molecule has 1 aliphatic heterocycles. The van der Waals surface area contributed by atoms with Gasteiger partial charge in [-0.15, -0.1) is 0 Å². The molecule has 4 rings (SSSR count). The molecular formula is C25H25ClN2O3. The van der Waals surface area contributed by atoms with Crippen molar-refractivity contribution >= 4 is 17.3 Å². The van der Waals surface area contributed by atoms with Gasteiger partial charge in [0.1, 0.15) is 11.9 Å². The van der Waals surface area contributed by atoms with Crippen molar-refractivity contribution in [1.82, 2.24) is 5.32 Å². The van der Waals surface area contributed by atoms with Gasteiger partial charge >= 0.3 is 0 Å². The molecule has 0 saturated carbocycles. The van der Waals surface area contributed by atoms with Gasteiger partial charge in [0, 0.05) is 34.3 Å². The number of halogens is 1. The number of ether oxygens (including phenoxy) is 2. The molecule has 160 valence electrons. The van der Waals surface area contributed by atoms with Gasteiger partial charge in [-0.25, -0.2) is 0 Å². The van der Waals surface area contributed by atoms with Crippen molar-refractivity contribution < 1.29 is 14.6 Å². The summed E-state index contributed by atoms with van der Waals surface area (Å²) in [7, 11) is 1.65. The molecule has 0 bridgehead atoms. The molecule has 5 nitrogen and oxygen atoms in total. The summed E-state index contributed by atoms with van der Waals surface area (Å²) < 4.78 is 10.9. The SMILES string of the molecule is CCOc1cccc([C@H]2CC(c3ccc(OC)cc3)=N[C@H](c3ccccc3Cl)N2)c1O. The number of nitrogens with zero attached hydrogens (tertiary/aromatic N) is 1. The molecule has 1 heterocycles. The largest absolute Gasteiger partial charge is 0.504 e. The van der Waals surface area contributed by atoms with E-state index in [1.54, 1.807) is 13.2 Å². The van der Waals surface area contributed by atoms with Gasteiger partial charge in [0.25, 0.3) is 0 Å². The second kappa shape index (κ2) is 9.41. The molecule has 0 spiro atoms. The summed E-state index contributed by atoms with van der Waals surface area (Å²) in [5.41, 5.74) is 3.59. The molecular weight excluding hydrogens is 412 g/mol. The van der Waals surface area contributed by atoms with Gasteiger partial charge in [0.2, 0.25) is 0 Å². The zero-order chi connectivity index (χ0) is 21.8. The molecule has 3 aromatic carbocycles. The summed E-state index contributed by atoms with van der Waals surface area (Å²) in [6, 6.07) is 20.9. The molecule has 3 aromatic rings. The van der Waals surface area contributed by atoms with E-state index in [-0.39, 0.29) is 18.0 Å². The normalized spacial score (nSPS) is 18.4. The minimum Gasteiger partial charge on any atom is -0.504 e. The summed E-state index contributed by atoms with van der Waals surface area (Å²) in [5, 5.41) is 15.1. The van der Waals surface area contributed by atoms with Crippen molar-refractivity contribution in [3.05, 3.63) is 88.4 Å². The summed E-state index contributed by atoms with van der Waals surface area (Å²) >= 11 is 6.49. The van der Waals surface area contributed by atoms with E-state index in [1.807, 2.05) is 67.6 Å². The number of aromatic hydroxyl groups is 1.